The average Bonchev–Trinajstić information content (AvgIpc) is 3.46. The zero-order valence-electron chi connectivity index (χ0n) is 17.7. The summed E-state index contributed by atoms with van der Waals surface area (Å²) in [6, 6.07) is 20.0. The van der Waals surface area contributed by atoms with Gasteiger partial charge in [-0.25, -0.2) is 9.67 Å². The van der Waals surface area contributed by atoms with Crippen molar-refractivity contribution < 1.29 is 13.9 Å². The minimum Gasteiger partial charge on any atom is -0.493 e. The number of aliphatic imine (C=N–C) groups is 1. The average molecular weight is 413 g/mol. The Morgan fingerprint density at radius 3 is 2.45 bits per heavy atom. The quantitative estimate of drug-likeness (QED) is 0.428. The summed E-state index contributed by atoms with van der Waals surface area (Å²) < 4.78 is 18.7. The molecule has 1 unspecified atom stereocenters. The SMILES string of the molecule is COc1ccc(C2=Nc3c(-c4ccccc4)c(C)nn3C(c3ccco3)C2)cc1OC. The van der Waals surface area contributed by atoms with Crippen molar-refractivity contribution in [2.75, 3.05) is 14.2 Å². The molecule has 0 aliphatic carbocycles. The molecule has 0 spiro atoms. The number of hydrogen-bond donors (Lipinski definition) is 0. The van der Waals surface area contributed by atoms with E-state index in [-0.39, 0.29) is 6.04 Å². The number of ether oxygens (including phenoxy) is 2. The molecule has 0 radical (unpaired) electrons. The third-order valence-corrected chi connectivity index (χ3v) is 5.63. The molecule has 0 saturated carbocycles. The van der Waals surface area contributed by atoms with E-state index in [1.807, 2.05) is 60.1 Å². The zero-order chi connectivity index (χ0) is 21.4. The molecule has 156 valence electrons. The van der Waals surface area contributed by atoms with Gasteiger partial charge in [0.15, 0.2) is 17.3 Å². The number of hydrogen-bond acceptors (Lipinski definition) is 5. The van der Waals surface area contributed by atoms with Gasteiger partial charge in [0.05, 0.1) is 31.9 Å². The number of methoxy groups -OCH3 is 2. The Morgan fingerprint density at radius 2 is 1.74 bits per heavy atom. The second-order valence-corrected chi connectivity index (χ2v) is 7.46. The second kappa shape index (κ2) is 7.80. The molecule has 1 aliphatic heterocycles. The maximum atomic E-state index is 5.79. The number of benzene rings is 2. The molecule has 0 saturated heterocycles. The van der Waals surface area contributed by atoms with Crippen molar-refractivity contribution in [2.45, 2.75) is 19.4 Å². The van der Waals surface area contributed by atoms with Crippen molar-refractivity contribution in [1.82, 2.24) is 9.78 Å². The molecule has 31 heavy (non-hydrogen) atoms. The van der Waals surface area contributed by atoms with Gasteiger partial charge in [-0.2, -0.15) is 5.10 Å². The van der Waals surface area contributed by atoms with E-state index in [1.54, 1.807) is 20.5 Å². The van der Waals surface area contributed by atoms with Crippen LogP contribution in [0.5, 0.6) is 11.5 Å². The number of aryl methyl sites for hydroxylation is 1. The Bertz CT molecular complexity index is 1240. The Kier molecular flexibility index (Phi) is 4.82. The molecule has 6 heteroatoms. The van der Waals surface area contributed by atoms with E-state index in [9.17, 15) is 0 Å². The molecule has 0 fully saturated rings. The van der Waals surface area contributed by atoms with Crippen LogP contribution in [0.1, 0.15) is 29.5 Å². The largest absolute Gasteiger partial charge is 0.493 e. The van der Waals surface area contributed by atoms with Crippen LogP contribution in [0.4, 0.5) is 5.82 Å². The molecule has 0 bridgehead atoms. The Morgan fingerprint density at radius 1 is 0.935 bits per heavy atom. The summed E-state index contributed by atoms with van der Waals surface area (Å²) in [5.41, 5.74) is 5.01. The lowest BCUT2D eigenvalue weighted by Gasteiger charge is -2.24. The number of rotatable bonds is 5. The number of fused-ring (bicyclic) bond motifs is 1. The van der Waals surface area contributed by atoms with Gasteiger partial charge >= 0.3 is 0 Å². The smallest absolute Gasteiger partial charge is 0.161 e. The molecule has 5 rings (SSSR count). The summed E-state index contributed by atoms with van der Waals surface area (Å²) in [6.45, 7) is 2.03. The summed E-state index contributed by atoms with van der Waals surface area (Å²) in [6.07, 6.45) is 2.36. The number of furan rings is 1. The summed E-state index contributed by atoms with van der Waals surface area (Å²) in [5.74, 6) is 3.06. The van der Waals surface area contributed by atoms with Crippen molar-refractivity contribution in [2.24, 2.45) is 4.99 Å². The van der Waals surface area contributed by atoms with Gasteiger partial charge in [-0.15, -0.1) is 0 Å². The molecule has 4 aromatic rings. The van der Waals surface area contributed by atoms with Crippen LogP contribution < -0.4 is 9.47 Å². The minimum absolute atomic E-state index is 0.0817. The van der Waals surface area contributed by atoms with Crippen LogP contribution in [0.2, 0.25) is 0 Å². The third-order valence-electron chi connectivity index (χ3n) is 5.63. The maximum absolute atomic E-state index is 5.79. The van der Waals surface area contributed by atoms with Gasteiger partial charge in [0.25, 0.3) is 0 Å². The van der Waals surface area contributed by atoms with Crippen LogP contribution >= 0.6 is 0 Å². The summed E-state index contributed by atoms with van der Waals surface area (Å²) in [7, 11) is 3.28. The molecule has 6 nitrogen and oxygen atoms in total. The predicted molar refractivity (Wildman–Crippen MR) is 120 cm³/mol. The van der Waals surface area contributed by atoms with Crippen LogP contribution in [0.15, 0.2) is 76.3 Å². The highest BCUT2D eigenvalue weighted by Gasteiger charge is 2.31. The molecule has 2 aromatic heterocycles. The van der Waals surface area contributed by atoms with Gasteiger partial charge in [0, 0.05) is 17.5 Å². The standard InChI is InChI=1S/C25H23N3O3/c1-16-24(17-8-5-4-6-9-17)25-26-19(18-11-12-22(29-2)23(14-18)30-3)15-20(28(25)27-16)21-10-7-13-31-21/h4-14,20H,15H2,1-3H3. The lowest BCUT2D eigenvalue weighted by atomic mass is 9.98. The fraction of sp³-hybridized carbons (Fsp3) is 0.200. The highest BCUT2D eigenvalue weighted by molar-refractivity contribution is 6.04. The van der Waals surface area contributed by atoms with Crippen LogP contribution in [-0.2, 0) is 0 Å². The Balaban J connectivity index is 1.70. The van der Waals surface area contributed by atoms with Gasteiger partial charge < -0.3 is 13.9 Å². The topological polar surface area (TPSA) is 61.8 Å². The van der Waals surface area contributed by atoms with Gasteiger partial charge in [0.1, 0.15) is 11.8 Å². The first kappa shape index (κ1) is 19.2. The molecule has 3 heterocycles. The van der Waals surface area contributed by atoms with E-state index < -0.39 is 0 Å². The van der Waals surface area contributed by atoms with Crippen LogP contribution in [0.25, 0.3) is 11.1 Å². The van der Waals surface area contributed by atoms with Crippen molar-refractivity contribution >= 4 is 11.5 Å². The normalized spacial score (nSPS) is 15.3. The number of nitrogens with zero attached hydrogens (tertiary/aromatic N) is 3. The fourth-order valence-electron chi connectivity index (χ4n) is 4.15. The highest BCUT2D eigenvalue weighted by Crippen LogP contribution is 2.42. The third kappa shape index (κ3) is 3.30. The molecule has 1 atom stereocenters. The molecule has 0 N–H and O–H groups in total. The zero-order valence-corrected chi connectivity index (χ0v) is 17.7. The highest BCUT2D eigenvalue weighted by atomic mass is 16.5. The molecular weight excluding hydrogens is 390 g/mol. The van der Waals surface area contributed by atoms with Crippen molar-refractivity contribution in [1.29, 1.82) is 0 Å². The summed E-state index contributed by atoms with van der Waals surface area (Å²) in [5, 5.41) is 4.86. The molecular formula is C25H23N3O3. The van der Waals surface area contributed by atoms with Gasteiger partial charge in [0.2, 0.25) is 0 Å². The Labute approximate surface area is 180 Å². The molecule has 0 amide bonds. The van der Waals surface area contributed by atoms with E-state index in [0.717, 1.165) is 39.7 Å². The van der Waals surface area contributed by atoms with E-state index in [1.165, 1.54) is 0 Å². The Hall–Kier alpha value is -3.80. The van der Waals surface area contributed by atoms with Crippen LogP contribution in [0, 0.1) is 6.92 Å². The molecule has 1 aliphatic rings. The second-order valence-electron chi connectivity index (χ2n) is 7.46. The van der Waals surface area contributed by atoms with Gasteiger partial charge in [-0.1, -0.05) is 30.3 Å². The first-order chi connectivity index (χ1) is 15.2. The first-order valence-corrected chi connectivity index (χ1v) is 10.2. The summed E-state index contributed by atoms with van der Waals surface area (Å²) >= 11 is 0. The number of aromatic nitrogens is 2. The minimum atomic E-state index is -0.0817. The monoisotopic (exact) mass is 413 g/mol. The lowest BCUT2D eigenvalue weighted by Crippen LogP contribution is -2.21. The maximum Gasteiger partial charge on any atom is 0.161 e. The van der Waals surface area contributed by atoms with Gasteiger partial charge in [-0.05, 0) is 42.8 Å². The predicted octanol–water partition coefficient (Wildman–Crippen LogP) is 5.58. The van der Waals surface area contributed by atoms with Crippen molar-refractivity contribution in [3.05, 3.63) is 83.9 Å². The van der Waals surface area contributed by atoms with E-state index in [0.29, 0.717) is 17.9 Å². The van der Waals surface area contributed by atoms with Gasteiger partial charge in [-0.3, -0.25) is 0 Å². The van der Waals surface area contributed by atoms with E-state index in [2.05, 4.69) is 12.1 Å². The lowest BCUT2D eigenvalue weighted by molar-refractivity contribution is 0.355. The fourth-order valence-corrected chi connectivity index (χ4v) is 4.15. The van der Waals surface area contributed by atoms with Crippen molar-refractivity contribution in [3.63, 3.8) is 0 Å². The van der Waals surface area contributed by atoms with E-state index >= 15 is 0 Å². The van der Waals surface area contributed by atoms with Crippen LogP contribution in [0.3, 0.4) is 0 Å². The van der Waals surface area contributed by atoms with Crippen LogP contribution in [-0.4, -0.2) is 29.7 Å². The van der Waals surface area contributed by atoms with Crippen molar-refractivity contribution in [3.8, 4) is 22.6 Å². The van der Waals surface area contributed by atoms with E-state index in [4.69, 9.17) is 24.0 Å². The molecule has 2 aromatic carbocycles. The summed E-state index contributed by atoms with van der Waals surface area (Å²) in [4.78, 5) is 5.08. The first-order valence-electron chi connectivity index (χ1n) is 10.2.